The first-order valence-electron chi connectivity index (χ1n) is 6.63. The fourth-order valence-electron chi connectivity index (χ4n) is 2.24. The van der Waals surface area contributed by atoms with Gasteiger partial charge in [0.2, 0.25) is 0 Å². The van der Waals surface area contributed by atoms with Crippen LogP contribution in [0, 0.1) is 36.7 Å². The van der Waals surface area contributed by atoms with E-state index in [0.29, 0.717) is 5.69 Å². The van der Waals surface area contributed by atoms with Crippen molar-refractivity contribution in [1.29, 1.82) is 0 Å². The van der Waals surface area contributed by atoms with E-state index in [2.05, 4.69) is 21.0 Å². The topological polar surface area (TPSA) is 63.1 Å². The molecule has 0 aliphatic rings. The number of terminal acetylenes is 1. The van der Waals surface area contributed by atoms with E-state index in [9.17, 15) is 18.0 Å². The molecule has 0 unspecified atom stereocenters. The van der Waals surface area contributed by atoms with Crippen LogP contribution in [0.1, 0.15) is 5.69 Å². The Hall–Kier alpha value is -2.73. The molecule has 3 rings (SSSR count). The Kier molecular flexibility index (Phi) is 4.07. The van der Waals surface area contributed by atoms with Crippen LogP contribution in [0.25, 0.3) is 16.8 Å². The maximum absolute atomic E-state index is 13.5. The normalized spacial score (nSPS) is 11.0. The van der Waals surface area contributed by atoms with Crippen LogP contribution in [-0.2, 0) is 0 Å². The van der Waals surface area contributed by atoms with Crippen LogP contribution < -0.4 is 5.69 Å². The summed E-state index contributed by atoms with van der Waals surface area (Å²) in [4.78, 5) is 18.8. The number of nitrogens with zero attached hydrogens (tertiary/aromatic N) is 3. The monoisotopic (exact) mass is 350 g/mol. The number of aromatic nitrogens is 4. The summed E-state index contributed by atoms with van der Waals surface area (Å²) >= 11 is 1.12. The molecule has 0 saturated heterocycles. The Morgan fingerprint density at radius 2 is 2.00 bits per heavy atom. The summed E-state index contributed by atoms with van der Waals surface area (Å²) in [5, 5.41) is 4.26. The fourth-order valence-corrected chi connectivity index (χ4v) is 2.78. The summed E-state index contributed by atoms with van der Waals surface area (Å²) in [6.45, 7) is 1.55. The number of nitrogens with one attached hydrogen (secondary N) is 1. The van der Waals surface area contributed by atoms with Crippen LogP contribution in [0.3, 0.4) is 0 Å². The number of aromatic amines is 1. The van der Waals surface area contributed by atoms with Gasteiger partial charge in [0.15, 0.2) is 28.3 Å². The Labute approximate surface area is 137 Å². The van der Waals surface area contributed by atoms with Crippen LogP contribution in [0.15, 0.2) is 22.1 Å². The zero-order valence-electron chi connectivity index (χ0n) is 12.2. The van der Waals surface area contributed by atoms with Gasteiger partial charge >= 0.3 is 5.69 Å². The van der Waals surface area contributed by atoms with E-state index in [4.69, 9.17) is 6.42 Å². The summed E-state index contributed by atoms with van der Waals surface area (Å²) in [7, 11) is 0. The molecule has 0 radical (unpaired) electrons. The number of hydrogen-bond donors (Lipinski definition) is 1. The second-order valence-electron chi connectivity index (χ2n) is 4.79. The minimum Gasteiger partial charge on any atom is -0.285 e. The largest absolute Gasteiger partial charge is 0.350 e. The minimum atomic E-state index is -1.57. The molecule has 0 fully saturated rings. The predicted octanol–water partition coefficient (Wildman–Crippen LogP) is 2.54. The van der Waals surface area contributed by atoms with Crippen LogP contribution in [-0.4, -0.2) is 25.3 Å². The highest BCUT2D eigenvalue weighted by Crippen LogP contribution is 2.29. The van der Waals surface area contributed by atoms with Gasteiger partial charge in [-0.3, -0.25) is 4.98 Å². The third-order valence-electron chi connectivity index (χ3n) is 3.21. The molecule has 1 aromatic carbocycles. The third kappa shape index (κ3) is 2.65. The van der Waals surface area contributed by atoms with Gasteiger partial charge in [0.25, 0.3) is 0 Å². The standard InChI is InChI=1S/C15H9F3N4OS/c1-3-4-24-14-19-13-11(7(2)21-22(13)15(23)20-14)8-5-9(16)12(18)10(17)6-8/h1,5-6H,4H2,2H3,(H,19,20,23). The van der Waals surface area contributed by atoms with E-state index in [0.717, 1.165) is 28.4 Å². The molecule has 0 aliphatic carbocycles. The van der Waals surface area contributed by atoms with Crippen molar-refractivity contribution >= 4 is 17.4 Å². The SMILES string of the molecule is C#CCSc1nc2c(-c3cc(F)c(F)c(F)c3)c(C)nn2c(=O)[nH]1. The van der Waals surface area contributed by atoms with Gasteiger partial charge in [-0.1, -0.05) is 17.7 Å². The van der Waals surface area contributed by atoms with Crippen molar-refractivity contribution in [3.05, 3.63) is 45.8 Å². The van der Waals surface area contributed by atoms with Gasteiger partial charge < -0.3 is 0 Å². The van der Waals surface area contributed by atoms with Crippen molar-refractivity contribution in [2.24, 2.45) is 0 Å². The molecule has 24 heavy (non-hydrogen) atoms. The lowest BCUT2D eigenvalue weighted by Gasteiger charge is -2.04. The van der Waals surface area contributed by atoms with Gasteiger partial charge in [-0.2, -0.15) is 9.61 Å². The number of hydrogen-bond acceptors (Lipinski definition) is 4. The zero-order valence-corrected chi connectivity index (χ0v) is 13.0. The number of thioether (sulfide) groups is 1. The number of rotatable bonds is 3. The van der Waals surface area contributed by atoms with E-state index in [1.807, 2.05) is 0 Å². The van der Waals surface area contributed by atoms with Gasteiger partial charge in [-0.25, -0.2) is 22.9 Å². The Bertz CT molecular complexity index is 1030. The highest BCUT2D eigenvalue weighted by atomic mass is 32.2. The summed E-state index contributed by atoms with van der Waals surface area (Å²) in [6, 6.07) is 1.67. The lowest BCUT2D eigenvalue weighted by Crippen LogP contribution is -2.19. The van der Waals surface area contributed by atoms with Crippen molar-refractivity contribution in [1.82, 2.24) is 19.6 Å². The lowest BCUT2D eigenvalue weighted by atomic mass is 10.1. The van der Waals surface area contributed by atoms with Gasteiger partial charge in [0.05, 0.1) is 17.0 Å². The highest BCUT2D eigenvalue weighted by molar-refractivity contribution is 7.99. The molecule has 0 bridgehead atoms. The first kappa shape index (κ1) is 16.1. The van der Waals surface area contributed by atoms with Crippen LogP contribution in [0.4, 0.5) is 13.2 Å². The molecule has 1 N–H and O–H groups in total. The van der Waals surface area contributed by atoms with Crippen molar-refractivity contribution in [3.63, 3.8) is 0 Å². The van der Waals surface area contributed by atoms with E-state index in [1.54, 1.807) is 6.92 Å². The van der Waals surface area contributed by atoms with E-state index in [1.165, 1.54) is 0 Å². The molecule has 0 saturated carbocycles. The molecular formula is C15H9F3N4OS. The molecule has 0 spiro atoms. The first-order valence-corrected chi connectivity index (χ1v) is 7.61. The number of halogens is 3. The molecule has 0 aliphatic heterocycles. The average Bonchev–Trinajstić information content (AvgIpc) is 2.87. The first-order chi connectivity index (χ1) is 11.4. The molecular weight excluding hydrogens is 341 g/mol. The van der Waals surface area contributed by atoms with E-state index >= 15 is 0 Å². The molecule has 0 atom stereocenters. The molecule has 2 heterocycles. The summed E-state index contributed by atoms with van der Waals surface area (Å²) < 4.78 is 41.2. The van der Waals surface area contributed by atoms with Crippen molar-refractivity contribution in [3.8, 4) is 23.5 Å². The molecule has 122 valence electrons. The smallest absolute Gasteiger partial charge is 0.285 e. The predicted molar refractivity (Wildman–Crippen MR) is 83.2 cm³/mol. The number of aryl methyl sites for hydroxylation is 1. The second kappa shape index (κ2) is 6.05. The average molecular weight is 350 g/mol. The Morgan fingerprint density at radius 3 is 2.62 bits per heavy atom. The second-order valence-corrected chi connectivity index (χ2v) is 5.75. The highest BCUT2D eigenvalue weighted by Gasteiger charge is 2.19. The summed E-state index contributed by atoms with van der Waals surface area (Å²) in [6.07, 6.45) is 5.17. The van der Waals surface area contributed by atoms with Crippen LogP contribution in [0.5, 0.6) is 0 Å². The maximum atomic E-state index is 13.5. The molecule has 9 heteroatoms. The summed E-state index contributed by atoms with van der Waals surface area (Å²) in [5.41, 5.74) is 0.113. The van der Waals surface area contributed by atoms with E-state index < -0.39 is 23.1 Å². The zero-order chi connectivity index (χ0) is 17.4. The quantitative estimate of drug-likeness (QED) is 0.448. The number of H-pyrrole nitrogens is 1. The summed E-state index contributed by atoms with van der Waals surface area (Å²) in [5.74, 6) is -1.57. The van der Waals surface area contributed by atoms with Crippen LogP contribution in [0.2, 0.25) is 0 Å². The third-order valence-corrected chi connectivity index (χ3v) is 3.99. The fraction of sp³-hybridized carbons (Fsp3) is 0.133. The molecule has 5 nitrogen and oxygen atoms in total. The lowest BCUT2D eigenvalue weighted by molar-refractivity contribution is 0.448. The number of benzene rings is 1. The van der Waals surface area contributed by atoms with Gasteiger partial charge in [-0.15, -0.1) is 6.42 Å². The minimum absolute atomic E-state index is 0.0323. The van der Waals surface area contributed by atoms with Crippen molar-refractivity contribution in [2.75, 3.05) is 5.75 Å². The molecule has 2 aromatic heterocycles. The Morgan fingerprint density at radius 1 is 1.33 bits per heavy atom. The van der Waals surface area contributed by atoms with Crippen molar-refractivity contribution in [2.45, 2.75) is 12.1 Å². The maximum Gasteiger partial charge on any atom is 0.350 e. The van der Waals surface area contributed by atoms with Crippen LogP contribution >= 0.6 is 11.8 Å². The molecule has 0 amide bonds. The van der Waals surface area contributed by atoms with E-state index in [-0.39, 0.29) is 27.7 Å². The van der Waals surface area contributed by atoms with Gasteiger partial charge in [0.1, 0.15) is 0 Å². The molecule has 3 aromatic rings. The number of fused-ring (bicyclic) bond motifs is 1. The van der Waals surface area contributed by atoms with Gasteiger partial charge in [0, 0.05) is 0 Å². The Balaban J connectivity index is 2.28. The van der Waals surface area contributed by atoms with Crippen molar-refractivity contribution < 1.29 is 13.2 Å². The van der Waals surface area contributed by atoms with Gasteiger partial charge in [-0.05, 0) is 24.6 Å².